The summed E-state index contributed by atoms with van der Waals surface area (Å²) in [4.78, 5) is 1.85. The SMILES string of the molecule is CN(CCO)Cc1ccc(F)cc1C(N)=NO. The number of hydrogen-bond acceptors (Lipinski definition) is 4. The van der Waals surface area contributed by atoms with E-state index < -0.39 is 5.82 Å². The summed E-state index contributed by atoms with van der Waals surface area (Å²) < 4.78 is 13.1. The zero-order chi connectivity index (χ0) is 12.8. The highest BCUT2D eigenvalue weighted by molar-refractivity contribution is 5.98. The van der Waals surface area contributed by atoms with E-state index >= 15 is 0 Å². The first-order valence-corrected chi connectivity index (χ1v) is 5.14. The summed E-state index contributed by atoms with van der Waals surface area (Å²) in [5.74, 6) is -0.572. The molecule has 0 aliphatic carbocycles. The maximum atomic E-state index is 13.1. The predicted molar refractivity (Wildman–Crippen MR) is 62.3 cm³/mol. The molecule has 0 saturated heterocycles. The first kappa shape index (κ1) is 13.4. The summed E-state index contributed by atoms with van der Waals surface area (Å²) in [6, 6.07) is 4.12. The summed E-state index contributed by atoms with van der Waals surface area (Å²) in [5, 5.41) is 20.3. The van der Waals surface area contributed by atoms with Gasteiger partial charge >= 0.3 is 0 Å². The van der Waals surface area contributed by atoms with Gasteiger partial charge in [0.15, 0.2) is 5.84 Å². The van der Waals surface area contributed by atoms with Gasteiger partial charge in [-0.05, 0) is 24.7 Å². The van der Waals surface area contributed by atoms with Crippen LogP contribution in [0, 0.1) is 5.82 Å². The highest BCUT2D eigenvalue weighted by Gasteiger charge is 2.10. The second-order valence-electron chi connectivity index (χ2n) is 3.75. The number of nitrogens with zero attached hydrogens (tertiary/aromatic N) is 2. The quantitative estimate of drug-likeness (QED) is 0.300. The van der Waals surface area contributed by atoms with Crippen LogP contribution in [-0.4, -0.2) is 41.2 Å². The molecule has 0 heterocycles. The number of aliphatic hydroxyl groups is 1. The van der Waals surface area contributed by atoms with Gasteiger partial charge in [0.25, 0.3) is 0 Å². The molecule has 1 aromatic carbocycles. The molecule has 0 fully saturated rings. The molecule has 6 heteroatoms. The molecule has 0 amide bonds. The third-order valence-corrected chi connectivity index (χ3v) is 2.38. The van der Waals surface area contributed by atoms with Crippen LogP contribution in [0.5, 0.6) is 0 Å². The van der Waals surface area contributed by atoms with Crippen molar-refractivity contribution in [3.63, 3.8) is 0 Å². The number of nitrogens with two attached hydrogens (primary N) is 1. The van der Waals surface area contributed by atoms with Gasteiger partial charge < -0.3 is 16.0 Å². The fraction of sp³-hybridized carbons (Fsp3) is 0.364. The minimum absolute atomic E-state index is 0.0383. The molecule has 1 rings (SSSR count). The van der Waals surface area contributed by atoms with E-state index in [1.807, 2.05) is 11.9 Å². The minimum atomic E-state index is -0.444. The highest BCUT2D eigenvalue weighted by atomic mass is 19.1. The van der Waals surface area contributed by atoms with Gasteiger partial charge in [0.1, 0.15) is 5.82 Å². The lowest BCUT2D eigenvalue weighted by molar-refractivity contribution is 0.217. The molecule has 0 aromatic heterocycles. The number of aliphatic hydroxyl groups excluding tert-OH is 1. The zero-order valence-electron chi connectivity index (χ0n) is 9.60. The average molecular weight is 241 g/mol. The van der Waals surface area contributed by atoms with Crippen molar-refractivity contribution in [3.8, 4) is 0 Å². The molecule has 0 unspecified atom stereocenters. The summed E-state index contributed by atoms with van der Waals surface area (Å²) in [6.45, 7) is 1.01. The van der Waals surface area contributed by atoms with E-state index in [0.717, 1.165) is 5.56 Å². The lowest BCUT2D eigenvalue weighted by atomic mass is 10.1. The Labute approximate surface area is 99.0 Å². The number of oxime groups is 1. The van der Waals surface area contributed by atoms with Crippen LogP contribution in [0.15, 0.2) is 23.4 Å². The number of hydrogen-bond donors (Lipinski definition) is 3. The Balaban J connectivity index is 2.98. The fourth-order valence-corrected chi connectivity index (χ4v) is 1.52. The molecule has 0 bridgehead atoms. The second-order valence-corrected chi connectivity index (χ2v) is 3.75. The Morgan fingerprint density at radius 3 is 2.82 bits per heavy atom. The number of likely N-dealkylation sites (N-methyl/N-ethyl adjacent to an activating group) is 1. The maximum absolute atomic E-state index is 13.1. The van der Waals surface area contributed by atoms with Crippen molar-refractivity contribution < 1.29 is 14.7 Å². The van der Waals surface area contributed by atoms with Gasteiger partial charge in [-0.2, -0.15) is 0 Å². The van der Waals surface area contributed by atoms with E-state index in [9.17, 15) is 4.39 Å². The molecule has 1 aromatic rings. The average Bonchev–Trinajstić information content (AvgIpc) is 2.30. The van der Waals surface area contributed by atoms with Crippen LogP contribution in [0.1, 0.15) is 11.1 Å². The van der Waals surface area contributed by atoms with Crippen molar-refractivity contribution in [1.82, 2.24) is 4.90 Å². The van der Waals surface area contributed by atoms with Crippen molar-refractivity contribution in [1.29, 1.82) is 0 Å². The molecule has 0 atom stereocenters. The van der Waals surface area contributed by atoms with Gasteiger partial charge in [0, 0.05) is 18.7 Å². The lowest BCUT2D eigenvalue weighted by Gasteiger charge is -2.17. The zero-order valence-corrected chi connectivity index (χ0v) is 9.60. The third-order valence-electron chi connectivity index (χ3n) is 2.38. The van der Waals surface area contributed by atoms with E-state index in [4.69, 9.17) is 16.0 Å². The van der Waals surface area contributed by atoms with Crippen molar-refractivity contribution in [2.45, 2.75) is 6.54 Å². The van der Waals surface area contributed by atoms with Crippen molar-refractivity contribution in [2.24, 2.45) is 10.9 Å². The summed E-state index contributed by atoms with van der Waals surface area (Å²) in [7, 11) is 1.82. The Hall–Kier alpha value is -1.66. The topological polar surface area (TPSA) is 82.1 Å². The fourth-order valence-electron chi connectivity index (χ4n) is 1.52. The van der Waals surface area contributed by atoms with E-state index in [1.165, 1.54) is 12.1 Å². The number of amidine groups is 1. The van der Waals surface area contributed by atoms with E-state index in [-0.39, 0.29) is 12.4 Å². The highest BCUT2D eigenvalue weighted by Crippen LogP contribution is 2.13. The molecule has 0 radical (unpaired) electrons. The van der Waals surface area contributed by atoms with Crippen LogP contribution in [0.3, 0.4) is 0 Å². The number of halogens is 1. The van der Waals surface area contributed by atoms with E-state index in [2.05, 4.69) is 5.16 Å². The summed E-state index contributed by atoms with van der Waals surface area (Å²) in [6.07, 6.45) is 0. The molecular formula is C11H16FN3O2. The summed E-state index contributed by atoms with van der Waals surface area (Å²) >= 11 is 0. The Bertz CT molecular complexity index is 410. The molecule has 0 aliphatic rings. The van der Waals surface area contributed by atoms with Crippen LogP contribution in [-0.2, 0) is 6.54 Å². The van der Waals surface area contributed by atoms with Crippen LogP contribution in [0.25, 0.3) is 0 Å². The molecule has 0 aliphatic heterocycles. The van der Waals surface area contributed by atoms with Gasteiger partial charge in [-0.1, -0.05) is 11.2 Å². The molecule has 17 heavy (non-hydrogen) atoms. The molecular weight excluding hydrogens is 225 g/mol. The van der Waals surface area contributed by atoms with E-state index in [0.29, 0.717) is 18.7 Å². The van der Waals surface area contributed by atoms with Crippen molar-refractivity contribution in [2.75, 3.05) is 20.2 Å². The second kappa shape index (κ2) is 6.17. The first-order valence-electron chi connectivity index (χ1n) is 5.14. The third kappa shape index (κ3) is 3.69. The Morgan fingerprint density at radius 1 is 1.53 bits per heavy atom. The molecule has 0 saturated carbocycles. The molecule has 94 valence electrons. The minimum Gasteiger partial charge on any atom is -0.409 e. The number of benzene rings is 1. The van der Waals surface area contributed by atoms with Gasteiger partial charge in [0.05, 0.1) is 6.61 Å². The van der Waals surface area contributed by atoms with E-state index in [1.54, 1.807) is 6.07 Å². The van der Waals surface area contributed by atoms with Crippen molar-refractivity contribution >= 4 is 5.84 Å². The van der Waals surface area contributed by atoms with Crippen molar-refractivity contribution in [3.05, 3.63) is 35.1 Å². The van der Waals surface area contributed by atoms with Gasteiger partial charge in [-0.25, -0.2) is 4.39 Å². The standard InChI is InChI=1S/C11H16FN3O2/c1-15(4-5-16)7-8-2-3-9(12)6-10(8)11(13)14-17/h2-3,6,16-17H,4-5,7H2,1H3,(H2,13,14). The first-order chi connectivity index (χ1) is 8.08. The molecule has 5 nitrogen and oxygen atoms in total. The monoisotopic (exact) mass is 241 g/mol. The largest absolute Gasteiger partial charge is 0.409 e. The van der Waals surface area contributed by atoms with Gasteiger partial charge in [-0.15, -0.1) is 0 Å². The van der Waals surface area contributed by atoms with Crippen LogP contribution < -0.4 is 5.73 Å². The number of rotatable bonds is 5. The maximum Gasteiger partial charge on any atom is 0.170 e. The summed E-state index contributed by atoms with van der Waals surface area (Å²) in [5.41, 5.74) is 6.57. The Kier molecular flexibility index (Phi) is 4.86. The van der Waals surface area contributed by atoms with Gasteiger partial charge in [-0.3, -0.25) is 4.90 Å². The van der Waals surface area contributed by atoms with Gasteiger partial charge in [0.2, 0.25) is 0 Å². The normalized spacial score (nSPS) is 12.1. The van der Waals surface area contributed by atoms with Crippen LogP contribution in [0.4, 0.5) is 4.39 Å². The molecule has 4 N–H and O–H groups in total. The Morgan fingerprint density at radius 2 is 2.24 bits per heavy atom. The molecule has 0 spiro atoms. The smallest absolute Gasteiger partial charge is 0.170 e. The van der Waals surface area contributed by atoms with Crippen LogP contribution in [0.2, 0.25) is 0 Å². The predicted octanol–water partition coefficient (Wildman–Crippen LogP) is 0.344. The van der Waals surface area contributed by atoms with Crippen LogP contribution >= 0.6 is 0 Å². The lowest BCUT2D eigenvalue weighted by Crippen LogP contribution is -2.24.